The topological polar surface area (TPSA) is 32.7 Å². The summed E-state index contributed by atoms with van der Waals surface area (Å²) < 4.78 is 5.57. The van der Waals surface area contributed by atoms with Gasteiger partial charge in [-0.15, -0.1) is 0 Å². The van der Waals surface area contributed by atoms with E-state index in [2.05, 4.69) is 11.8 Å². The van der Waals surface area contributed by atoms with Gasteiger partial charge >= 0.3 is 0 Å². The molecule has 1 heterocycles. The zero-order valence-electron chi connectivity index (χ0n) is 9.53. The van der Waals surface area contributed by atoms with Crippen LogP contribution in [0.1, 0.15) is 40.5 Å². The molecule has 0 spiro atoms. The van der Waals surface area contributed by atoms with Crippen molar-refractivity contribution < 1.29 is 9.84 Å². The molecule has 0 radical (unpaired) electrons. The standard InChI is InChI=1S/C11H21NO2/c1-7-5-8-6-9(8)12(7)10(13)14-11(2,3)4/h7-10,13H,5-6H2,1-4H3. The number of aliphatic hydroxyl groups excluding tert-OH is 1. The lowest BCUT2D eigenvalue weighted by atomic mass is 10.2. The van der Waals surface area contributed by atoms with E-state index in [1.165, 1.54) is 12.8 Å². The Morgan fingerprint density at radius 1 is 1.36 bits per heavy atom. The monoisotopic (exact) mass is 199 g/mol. The maximum absolute atomic E-state index is 9.96. The highest BCUT2D eigenvalue weighted by molar-refractivity contribution is 5.04. The molecule has 3 nitrogen and oxygen atoms in total. The summed E-state index contributed by atoms with van der Waals surface area (Å²) >= 11 is 0. The normalized spacial score (nSPS) is 39.6. The van der Waals surface area contributed by atoms with E-state index in [4.69, 9.17) is 4.74 Å². The van der Waals surface area contributed by atoms with Crippen LogP contribution in [0.5, 0.6) is 0 Å². The summed E-state index contributed by atoms with van der Waals surface area (Å²) in [4.78, 5) is 2.12. The molecule has 14 heavy (non-hydrogen) atoms. The number of hydrogen-bond acceptors (Lipinski definition) is 3. The minimum atomic E-state index is -0.720. The summed E-state index contributed by atoms with van der Waals surface area (Å²) in [5.41, 5.74) is -0.272. The first-order valence-corrected chi connectivity index (χ1v) is 5.52. The van der Waals surface area contributed by atoms with Crippen LogP contribution in [0.4, 0.5) is 0 Å². The average Bonchev–Trinajstić information content (AvgIpc) is 2.58. The number of aliphatic hydroxyl groups is 1. The number of fused-ring (bicyclic) bond motifs is 1. The molecule has 4 unspecified atom stereocenters. The molecule has 2 aliphatic rings. The highest BCUT2D eigenvalue weighted by Gasteiger charge is 2.53. The second-order valence-corrected chi connectivity index (χ2v) is 5.65. The Morgan fingerprint density at radius 3 is 2.43 bits per heavy atom. The number of nitrogens with zero attached hydrogens (tertiary/aromatic N) is 1. The van der Waals surface area contributed by atoms with E-state index in [1.807, 2.05) is 20.8 Å². The minimum Gasteiger partial charge on any atom is -0.356 e. The second-order valence-electron chi connectivity index (χ2n) is 5.65. The highest BCUT2D eigenvalue weighted by atomic mass is 16.6. The molecule has 1 N–H and O–H groups in total. The average molecular weight is 199 g/mol. The summed E-state index contributed by atoms with van der Waals surface area (Å²) in [6, 6.07) is 1.05. The Labute approximate surface area is 86.0 Å². The molecule has 3 heteroatoms. The van der Waals surface area contributed by atoms with Crippen molar-refractivity contribution in [3.63, 3.8) is 0 Å². The van der Waals surface area contributed by atoms with Gasteiger partial charge in [0.15, 0.2) is 0 Å². The first-order chi connectivity index (χ1) is 6.38. The Balaban J connectivity index is 1.94. The Morgan fingerprint density at radius 2 is 2.00 bits per heavy atom. The van der Waals surface area contributed by atoms with Crippen LogP contribution in [0.2, 0.25) is 0 Å². The number of piperidine rings is 1. The van der Waals surface area contributed by atoms with Gasteiger partial charge in [-0.25, -0.2) is 4.90 Å². The molecule has 1 aliphatic carbocycles. The van der Waals surface area contributed by atoms with Gasteiger partial charge in [-0.05, 0) is 46.5 Å². The van der Waals surface area contributed by atoms with E-state index in [9.17, 15) is 5.11 Å². The van der Waals surface area contributed by atoms with Crippen LogP contribution in [-0.2, 0) is 4.74 Å². The third-order valence-corrected chi connectivity index (χ3v) is 3.14. The number of ether oxygens (including phenoxy) is 1. The van der Waals surface area contributed by atoms with E-state index in [-0.39, 0.29) is 5.60 Å². The molecule has 1 aliphatic heterocycles. The van der Waals surface area contributed by atoms with Gasteiger partial charge < -0.3 is 9.84 Å². The fourth-order valence-electron chi connectivity index (χ4n) is 2.50. The third kappa shape index (κ3) is 1.95. The van der Waals surface area contributed by atoms with Gasteiger partial charge in [-0.1, -0.05) is 0 Å². The Kier molecular flexibility index (Phi) is 2.37. The quantitative estimate of drug-likeness (QED) is 0.685. The summed E-state index contributed by atoms with van der Waals surface area (Å²) in [5.74, 6) is 0.822. The fraction of sp³-hybridized carbons (Fsp3) is 1.00. The second kappa shape index (κ2) is 3.19. The molecule has 0 aromatic carbocycles. The molecular formula is C11H21NO2. The molecule has 82 valence electrons. The van der Waals surface area contributed by atoms with Crippen molar-refractivity contribution in [2.24, 2.45) is 5.92 Å². The number of likely N-dealkylation sites (tertiary alicyclic amines) is 1. The Hall–Kier alpha value is -0.120. The van der Waals surface area contributed by atoms with Crippen LogP contribution in [0.25, 0.3) is 0 Å². The van der Waals surface area contributed by atoms with Crippen molar-refractivity contribution in [3.8, 4) is 0 Å². The van der Waals surface area contributed by atoms with Gasteiger partial charge in [0, 0.05) is 12.1 Å². The summed E-state index contributed by atoms with van der Waals surface area (Å²) in [5, 5.41) is 9.96. The maximum atomic E-state index is 9.96. The maximum Gasteiger partial charge on any atom is 0.217 e. The van der Waals surface area contributed by atoms with Crippen LogP contribution in [0, 0.1) is 5.92 Å². The fourth-order valence-corrected chi connectivity index (χ4v) is 2.50. The van der Waals surface area contributed by atoms with Gasteiger partial charge in [0.25, 0.3) is 0 Å². The third-order valence-electron chi connectivity index (χ3n) is 3.14. The van der Waals surface area contributed by atoms with E-state index < -0.39 is 6.41 Å². The lowest BCUT2D eigenvalue weighted by molar-refractivity contribution is -0.245. The van der Waals surface area contributed by atoms with E-state index >= 15 is 0 Å². The SMILES string of the molecule is CC1CC2CC2N1C(O)OC(C)(C)C. The van der Waals surface area contributed by atoms with Gasteiger partial charge in [0.2, 0.25) is 6.41 Å². The van der Waals surface area contributed by atoms with Crippen molar-refractivity contribution in [1.82, 2.24) is 4.90 Å². The van der Waals surface area contributed by atoms with Gasteiger partial charge in [-0.3, -0.25) is 0 Å². The first-order valence-electron chi connectivity index (χ1n) is 5.52. The van der Waals surface area contributed by atoms with Crippen LogP contribution < -0.4 is 0 Å². The molecule has 1 saturated carbocycles. The van der Waals surface area contributed by atoms with Crippen LogP contribution in [0.15, 0.2) is 0 Å². The van der Waals surface area contributed by atoms with Gasteiger partial charge in [-0.2, -0.15) is 0 Å². The van der Waals surface area contributed by atoms with Gasteiger partial charge in [0.05, 0.1) is 5.60 Å². The molecule has 0 aromatic rings. The van der Waals surface area contributed by atoms with Crippen molar-refractivity contribution in [3.05, 3.63) is 0 Å². The molecule has 0 aromatic heterocycles. The van der Waals surface area contributed by atoms with E-state index in [0.717, 1.165) is 5.92 Å². The zero-order chi connectivity index (χ0) is 10.5. The summed E-state index contributed by atoms with van der Waals surface area (Å²) in [6.45, 7) is 8.09. The zero-order valence-corrected chi connectivity index (χ0v) is 9.53. The Bertz CT molecular complexity index is 222. The van der Waals surface area contributed by atoms with E-state index in [0.29, 0.717) is 12.1 Å². The number of hydrogen-bond donors (Lipinski definition) is 1. The molecule has 2 rings (SSSR count). The van der Waals surface area contributed by atoms with Gasteiger partial charge in [0.1, 0.15) is 0 Å². The van der Waals surface area contributed by atoms with Crippen molar-refractivity contribution >= 4 is 0 Å². The lowest BCUT2D eigenvalue weighted by Crippen LogP contribution is -2.45. The molecular weight excluding hydrogens is 178 g/mol. The molecule has 0 bridgehead atoms. The predicted octanol–water partition coefficient (Wildman–Crippen LogP) is 1.56. The lowest BCUT2D eigenvalue weighted by Gasteiger charge is -2.33. The van der Waals surface area contributed by atoms with Crippen molar-refractivity contribution in [2.45, 2.75) is 64.6 Å². The van der Waals surface area contributed by atoms with Crippen molar-refractivity contribution in [2.75, 3.05) is 0 Å². The van der Waals surface area contributed by atoms with Crippen molar-refractivity contribution in [1.29, 1.82) is 0 Å². The molecule has 2 fully saturated rings. The molecule has 4 atom stereocenters. The molecule has 1 saturated heterocycles. The predicted molar refractivity (Wildman–Crippen MR) is 54.7 cm³/mol. The largest absolute Gasteiger partial charge is 0.356 e. The summed E-state index contributed by atoms with van der Waals surface area (Å²) in [6.07, 6.45) is 1.74. The van der Waals surface area contributed by atoms with Crippen LogP contribution >= 0.6 is 0 Å². The smallest absolute Gasteiger partial charge is 0.217 e. The first kappa shape index (κ1) is 10.4. The van der Waals surface area contributed by atoms with Crippen LogP contribution in [0.3, 0.4) is 0 Å². The molecule has 0 amide bonds. The minimum absolute atomic E-state index is 0.272. The summed E-state index contributed by atoms with van der Waals surface area (Å²) in [7, 11) is 0. The van der Waals surface area contributed by atoms with Crippen LogP contribution in [-0.4, -0.2) is 34.1 Å². The highest BCUT2D eigenvalue weighted by Crippen LogP contribution is 2.48. The number of rotatable bonds is 2. The van der Waals surface area contributed by atoms with E-state index in [1.54, 1.807) is 0 Å².